The van der Waals surface area contributed by atoms with Gasteiger partial charge < -0.3 is 10.00 Å². The molecule has 0 fully saturated rings. The van der Waals surface area contributed by atoms with Crippen molar-refractivity contribution in [2.45, 2.75) is 6.92 Å². The molecular weight excluding hydrogens is 463 g/mol. The van der Waals surface area contributed by atoms with Crippen LogP contribution in [0.15, 0.2) is 24.5 Å². The van der Waals surface area contributed by atoms with Gasteiger partial charge in [-0.05, 0) is 19.4 Å². The number of pyridine rings is 1. The van der Waals surface area contributed by atoms with Crippen molar-refractivity contribution in [2.24, 2.45) is 7.05 Å². The van der Waals surface area contributed by atoms with Crippen LogP contribution in [-0.2, 0) is 28.1 Å². The van der Waals surface area contributed by atoms with Crippen LogP contribution in [0.25, 0.3) is 16.1 Å². The first-order chi connectivity index (χ1) is 9.66. The number of hydrogen-bond acceptors (Lipinski definition) is 5. The molecule has 7 nitrogen and oxygen atoms in total. The van der Waals surface area contributed by atoms with E-state index >= 15 is 0 Å². The van der Waals surface area contributed by atoms with Crippen LogP contribution in [0.5, 0.6) is 0 Å². The number of hydrogen-bond donors (Lipinski definition) is 0. The monoisotopic (exact) mass is 473 g/mol. The minimum atomic E-state index is -0.401. The van der Waals surface area contributed by atoms with Crippen molar-refractivity contribution in [1.82, 2.24) is 25.2 Å². The van der Waals surface area contributed by atoms with Gasteiger partial charge in [-0.15, -0.1) is 39.6 Å². The molecule has 3 aromatic rings. The van der Waals surface area contributed by atoms with Crippen LogP contribution in [0.4, 0.5) is 5.95 Å². The van der Waals surface area contributed by atoms with Crippen LogP contribution in [0.3, 0.4) is 0 Å². The maximum atomic E-state index is 12.2. The van der Waals surface area contributed by atoms with Gasteiger partial charge in [-0.2, -0.15) is 0 Å². The summed E-state index contributed by atoms with van der Waals surface area (Å²) in [6, 6.07) is 6.54. The molecule has 106 valence electrons. The quantitative estimate of drug-likeness (QED) is 0.342. The first kappa shape index (κ1) is 18.9. The van der Waals surface area contributed by atoms with E-state index in [1.165, 1.54) is 4.68 Å². The molecule has 2 heterocycles. The fraction of sp³-hybridized carbons (Fsp3) is 0.154. The van der Waals surface area contributed by atoms with Crippen LogP contribution in [0.2, 0.25) is 0 Å². The standard InChI is InChI=1S/C13H11N6O.Na.W/c1-8-10(4-3-9-5-6-14-7-11(8)9)12(20)15-13-16-17-18-19(13)2;;/h4-7H,1-2H3,(H,15,16,18,20);;/q-1;+1;/p-1. The third-order valence-electron chi connectivity index (χ3n) is 3.03. The molecule has 0 aliphatic heterocycles. The maximum Gasteiger partial charge on any atom is 1.00 e. The van der Waals surface area contributed by atoms with E-state index in [0.29, 0.717) is 5.56 Å². The Morgan fingerprint density at radius 2 is 2.18 bits per heavy atom. The molecule has 3 rings (SSSR count). The molecule has 0 bridgehead atoms. The molecule has 0 aliphatic carbocycles. The predicted molar refractivity (Wildman–Crippen MR) is 71.5 cm³/mol. The first-order valence-corrected chi connectivity index (χ1v) is 5.90. The summed E-state index contributed by atoms with van der Waals surface area (Å²) < 4.78 is 1.33. The number of carbonyl (C=O) groups is 1. The van der Waals surface area contributed by atoms with E-state index in [0.717, 1.165) is 16.3 Å². The third kappa shape index (κ3) is 3.60. The van der Waals surface area contributed by atoms with Crippen LogP contribution in [-0.4, -0.2) is 31.1 Å². The normalized spacial score (nSPS) is 9.73. The van der Waals surface area contributed by atoms with Gasteiger partial charge in [-0.3, -0.25) is 14.9 Å². The fourth-order valence-electron chi connectivity index (χ4n) is 1.92. The summed E-state index contributed by atoms with van der Waals surface area (Å²) in [6.07, 6.45) is 3.40. The summed E-state index contributed by atoms with van der Waals surface area (Å²) in [5, 5.41) is 16.4. The van der Waals surface area contributed by atoms with Crippen LogP contribution < -0.4 is 29.6 Å². The number of benzene rings is 1. The van der Waals surface area contributed by atoms with Gasteiger partial charge in [0.15, 0.2) is 5.91 Å². The fourth-order valence-corrected chi connectivity index (χ4v) is 1.92. The Labute approximate surface area is 163 Å². The number of tetrazole rings is 1. The molecule has 0 radical (unpaired) electrons. The third-order valence-corrected chi connectivity index (χ3v) is 3.03. The molecule has 1 aromatic carbocycles. The van der Waals surface area contributed by atoms with Gasteiger partial charge in [0.1, 0.15) is 0 Å². The zero-order valence-corrected chi connectivity index (χ0v) is 17.2. The molecule has 22 heavy (non-hydrogen) atoms. The average Bonchev–Trinajstić information content (AvgIpc) is 2.85. The number of aromatic nitrogens is 5. The van der Waals surface area contributed by atoms with Crippen LogP contribution >= 0.6 is 0 Å². The Bertz CT molecular complexity index is 806. The zero-order valence-electron chi connectivity index (χ0n) is 12.3. The molecule has 0 saturated heterocycles. The predicted octanol–water partition coefficient (Wildman–Crippen LogP) is -1.29. The summed E-state index contributed by atoms with van der Waals surface area (Å²) in [5.41, 5.74) is 1.28. The molecule has 2 aromatic heterocycles. The molecule has 0 aliphatic rings. The number of nitrogens with zero attached hydrogens (tertiary/aromatic N) is 6. The molecular formula is C13H10N6NaOW-. The second-order valence-electron chi connectivity index (χ2n) is 4.27. The number of carbonyl (C=O) groups excluding carboxylic acids is 1. The molecule has 0 N–H and O–H groups in total. The van der Waals surface area contributed by atoms with E-state index in [4.69, 9.17) is 0 Å². The Morgan fingerprint density at radius 3 is 2.86 bits per heavy atom. The van der Waals surface area contributed by atoms with Gasteiger partial charge in [0, 0.05) is 21.1 Å². The molecule has 1 amide bonds. The van der Waals surface area contributed by atoms with Crippen molar-refractivity contribution in [3.05, 3.63) is 47.0 Å². The second kappa shape index (κ2) is 7.92. The van der Waals surface area contributed by atoms with Gasteiger partial charge in [-0.1, -0.05) is 17.9 Å². The first-order valence-electron chi connectivity index (χ1n) is 5.90. The number of amides is 1. The van der Waals surface area contributed by atoms with E-state index in [-0.39, 0.29) is 56.6 Å². The SMILES string of the molecule is Cc1c(C(=O)[N-]c2nnnn2C)c[c-]c2ccncc12.[Na+].[W]. The van der Waals surface area contributed by atoms with Crippen molar-refractivity contribution in [1.29, 1.82) is 0 Å². The van der Waals surface area contributed by atoms with Gasteiger partial charge in [-0.25, -0.2) is 0 Å². The second-order valence-corrected chi connectivity index (χ2v) is 4.27. The van der Waals surface area contributed by atoms with Crippen molar-refractivity contribution < 1.29 is 55.4 Å². The summed E-state index contributed by atoms with van der Waals surface area (Å²) in [7, 11) is 1.62. The van der Waals surface area contributed by atoms with E-state index in [1.54, 1.807) is 25.5 Å². The topological polar surface area (TPSA) is 87.7 Å². The zero-order chi connectivity index (χ0) is 14.1. The smallest absolute Gasteiger partial charge is 0.329 e. The minimum Gasteiger partial charge on any atom is -0.329 e. The van der Waals surface area contributed by atoms with Gasteiger partial charge in [0.2, 0.25) is 0 Å². The summed E-state index contributed by atoms with van der Waals surface area (Å²) in [4.78, 5) is 16.3. The van der Waals surface area contributed by atoms with Gasteiger partial charge in [0.05, 0.1) is 5.95 Å². The van der Waals surface area contributed by atoms with Gasteiger partial charge in [0.25, 0.3) is 0 Å². The Hall–Kier alpha value is -1.14. The average molecular weight is 473 g/mol. The van der Waals surface area contributed by atoms with Crippen molar-refractivity contribution >= 4 is 22.6 Å². The Morgan fingerprint density at radius 1 is 1.41 bits per heavy atom. The van der Waals surface area contributed by atoms with Crippen LogP contribution in [0.1, 0.15) is 15.9 Å². The van der Waals surface area contributed by atoms with E-state index in [2.05, 4.69) is 31.9 Å². The van der Waals surface area contributed by atoms with Crippen molar-refractivity contribution in [3.8, 4) is 0 Å². The molecule has 0 saturated carbocycles. The van der Waals surface area contributed by atoms with E-state index < -0.39 is 5.91 Å². The Balaban J connectivity index is 0.00000121. The largest absolute Gasteiger partial charge is 1.00 e. The Kier molecular flexibility index (Phi) is 6.81. The molecule has 0 unspecified atom stereocenters. The van der Waals surface area contributed by atoms with E-state index in [9.17, 15) is 4.79 Å². The van der Waals surface area contributed by atoms with E-state index in [1.807, 2.05) is 13.0 Å². The maximum absolute atomic E-state index is 12.2. The van der Waals surface area contributed by atoms with Crippen LogP contribution in [0, 0.1) is 13.0 Å². The number of aryl methyl sites for hydroxylation is 2. The molecule has 0 spiro atoms. The summed E-state index contributed by atoms with van der Waals surface area (Å²) >= 11 is 0. The summed E-state index contributed by atoms with van der Waals surface area (Å²) in [5.74, 6) is -0.233. The molecule has 0 atom stereocenters. The number of fused-ring (bicyclic) bond motifs is 1. The molecule has 9 heteroatoms. The van der Waals surface area contributed by atoms with Crippen molar-refractivity contribution in [2.75, 3.05) is 0 Å². The van der Waals surface area contributed by atoms with Gasteiger partial charge >= 0.3 is 29.6 Å². The summed E-state index contributed by atoms with van der Waals surface area (Å²) in [6.45, 7) is 1.86. The van der Waals surface area contributed by atoms with Crippen molar-refractivity contribution in [3.63, 3.8) is 0 Å². The number of rotatable bonds is 2. The minimum absolute atomic E-state index is 0.